The number of benzene rings is 3. The molecule has 3 aromatic rings. The quantitative estimate of drug-likeness (QED) is 0.337. The zero-order chi connectivity index (χ0) is 28.4. The third-order valence-corrected chi connectivity index (χ3v) is 8.17. The summed E-state index contributed by atoms with van der Waals surface area (Å²) in [4.78, 5) is 28.7. The van der Waals surface area contributed by atoms with Gasteiger partial charge in [-0.3, -0.25) is 13.9 Å². The van der Waals surface area contributed by atoms with Crippen molar-refractivity contribution in [3.63, 3.8) is 0 Å². The van der Waals surface area contributed by atoms with Crippen molar-refractivity contribution in [3.8, 4) is 5.75 Å². The fourth-order valence-corrected chi connectivity index (χ4v) is 5.61. The molecule has 208 valence electrons. The molecular weight excluding hydrogens is 514 g/mol. The van der Waals surface area contributed by atoms with E-state index in [0.717, 1.165) is 21.9 Å². The van der Waals surface area contributed by atoms with Crippen molar-refractivity contribution < 1.29 is 22.7 Å². The van der Waals surface area contributed by atoms with Crippen LogP contribution in [-0.2, 0) is 26.2 Å². The van der Waals surface area contributed by atoms with E-state index in [1.807, 2.05) is 45.0 Å². The first kappa shape index (κ1) is 29.7. The number of rotatable bonds is 13. The zero-order valence-corrected chi connectivity index (χ0v) is 23.8. The number of aryl methyl sites for hydroxylation is 1. The van der Waals surface area contributed by atoms with E-state index in [4.69, 9.17) is 4.74 Å². The van der Waals surface area contributed by atoms with Crippen LogP contribution in [0.4, 0.5) is 5.69 Å². The SMILES string of the molecule is CCCNC(=O)[C@@H](CC)N(Cc1ccc(C)cc1)C(=O)CN(c1ccc(OC)cc1)S(=O)(=O)c1ccccc1. The van der Waals surface area contributed by atoms with Gasteiger partial charge in [-0.1, -0.05) is 61.9 Å². The lowest BCUT2D eigenvalue weighted by Crippen LogP contribution is -2.52. The Kier molecular flexibility index (Phi) is 10.5. The van der Waals surface area contributed by atoms with E-state index < -0.39 is 28.5 Å². The highest BCUT2D eigenvalue weighted by molar-refractivity contribution is 7.92. The molecule has 0 saturated carbocycles. The number of sulfonamides is 1. The number of carbonyl (C=O) groups is 2. The second-order valence-corrected chi connectivity index (χ2v) is 11.1. The molecule has 1 N–H and O–H groups in total. The van der Waals surface area contributed by atoms with Gasteiger partial charge in [0, 0.05) is 13.1 Å². The topological polar surface area (TPSA) is 96.0 Å². The normalized spacial score (nSPS) is 11.9. The Bertz CT molecular complexity index is 1330. The van der Waals surface area contributed by atoms with E-state index in [0.29, 0.717) is 24.4 Å². The number of hydrogen-bond acceptors (Lipinski definition) is 5. The third kappa shape index (κ3) is 7.60. The lowest BCUT2D eigenvalue weighted by atomic mass is 10.1. The maximum atomic E-state index is 14.0. The van der Waals surface area contributed by atoms with Crippen molar-refractivity contribution in [1.82, 2.24) is 10.2 Å². The van der Waals surface area contributed by atoms with Crippen molar-refractivity contribution in [3.05, 3.63) is 90.0 Å². The van der Waals surface area contributed by atoms with Crippen LogP contribution in [0.1, 0.15) is 37.8 Å². The van der Waals surface area contributed by atoms with Gasteiger partial charge in [0.2, 0.25) is 11.8 Å². The molecule has 2 amide bonds. The standard InChI is InChI=1S/C30H37N3O5S/c1-5-20-31-30(35)28(6-2)32(21-24-14-12-23(3)13-15-24)29(34)22-33(25-16-18-26(38-4)19-17-25)39(36,37)27-10-8-7-9-11-27/h7-19,28H,5-6,20-22H2,1-4H3,(H,31,35)/t28-/m1/s1. The first-order chi connectivity index (χ1) is 18.7. The van der Waals surface area contributed by atoms with Gasteiger partial charge in [0.25, 0.3) is 10.0 Å². The van der Waals surface area contributed by atoms with Crippen molar-refractivity contribution in [2.24, 2.45) is 0 Å². The Morgan fingerprint density at radius 3 is 2.13 bits per heavy atom. The van der Waals surface area contributed by atoms with E-state index in [1.54, 1.807) is 42.5 Å². The summed E-state index contributed by atoms with van der Waals surface area (Å²) in [5.41, 5.74) is 2.23. The van der Waals surface area contributed by atoms with Gasteiger partial charge < -0.3 is 15.0 Å². The van der Waals surface area contributed by atoms with Crippen molar-refractivity contribution in [2.45, 2.75) is 51.1 Å². The van der Waals surface area contributed by atoms with E-state index in [9.17, 15) is 18.0 Å². The first-order valence-electron chi connectivity index (χ1n) is 13.1. The fourth-order valence-electron chi connectivity index (χ4n) is 4.17. The molecule has 0 unspecified atom stereocenters. The van der Waals surface area contributed by atoms with Crippen molar-refractivity contribution >= 4 is 27.5 Å². The second kappa shape index (κ2) is 13.8. The molecule has 3 aromatic carbocycles. The molecule has 0 bridgehead atoms. The van der Waals surface area contributed by atoms with Gasteiger partial charge >= 0.3 is 0 Å². The Labute approximate surface area is 231 Å². The van der Waals surface area contributed by atoms with Gasteiger partial charge in [-0.05, 0) is 61.7 Å². The van der Waals surface area contributed by atoms with Gasteiger partial charge in [0.1, 0.15) is 18.3 Å². The van der Waals surface area contributed by atoms with Gasteiger partial charge in [0.05, 0.1) is 17.7 Å². The van der Waals surface area contributed by atoms with Crippen LogP contribution in [0.3, 0.4) is 0 Å². The molecule has 3 rings (SSSR count). The number of amides is 2. The molecule has 0 aliphatic carbocycles. The minimum Gasteiger partial charge on any atom is -0.497 e. The van der Waals surface area contributed by atoms with Gasteiger partial charge in [0.15, 0.2) is 0 Å². The van der Waals surface area contributed by atoms with Crippen LogP contribution >= 0.6 is 0 Å². The maximum Gasteiger partial charge on any atom is 0.264 e. The lowest BCUT2D eigenvalue weighted by molar-refractivity contribution is -0.140. The largest absolute Gasteiger partial charge is 0.497 e. The number of nitrogens with zero attached hydrogens (tertiary/aromatic N) is 2. The molecule has 8 nitrogen and oxygen atoms in total. The van der Waals surface area contributed by atoms with Gasteiger partial charge in [-0.2, -0.15) is 0 Å². The first-order valence-corrected chi connectivity index (χ1v) is 14.5. The molecule has 9 heteroatoms. The minimum absolute atomic E-state index is 0.0615. The van der Waals surface area contributed by atoms with E-state index in [-0.39, 0.29) is 17.3 Å². The fraction of sp³-hybridized carbons (Fsp3) is 0.333. The molecule has 39 heavy (non-hydrogen) atoms. The predicted molar refractivity (Wildman–Crippen MR) is 153 cm³/mol. The maximum absolute atomic E-state index is 14.0. The average Bonchev–Trinajstić information content (AvgIpc) is 2.96. The predicted octanol–water partition coefficient (Wildman–Crippen LogP) is 4.53. The summed E-state index contributed by atoms with van der Waals surface area (Å²) in [6.07, 6.45) is 1.13. The molecule has 0 heterocycles. The number of anilines is 1. The molecule has 0 radical (unpaired) electrons. The summed E-state index contributed by atoms with van der Waals surface area (Å²) in [6.45, 7) is 5.94. The van der Waals surface area contributed by atoms with Crippen LogP contribution in [0, 0.1) is 6.92 Å². The van der Waals surface area contributed by atoms with Crippen LogP contribution in [0.2, 0.25) is 0 Å². The summed E-state index contributed by atoms with van der Waals surface area (Å²) in [6, 6.07) is 21.4. The van der Waals surface area contributed by atoms with Gasteiger partial charge in [-0.15, -0.1) is 0 Å². The highest BCUT2D eigenvalue weighted by atomic mass is 32.2. The Morgan fingerprint density at radius 2 is 1.56 bits per heavy atom. The molecule has 1 atom stereocenters. The number of carbonyl (C=O) groups excluding carboxylic acids is 2. The number of hydrogen-bond donors (Lipinski definition) is 1. The monoisotopic (exact) mass is 551 g/mol. The van der Waals surface area contributed by atoms with Crippen molar-refractivity contribution in [2.75, 3.05) is 24.5 Å². The number of ether oxygens (including phenoxy) is 1. The molecule has 0 saturated heterocycles. The van der Waals surface area contributed by atoms with E-state index >= 15 is 0 Å². The lowest BCUT2D eigenvalue weighted by Gasteiger charge is -2.33. The van der Waals surface area contributed by atoms with E-state index in [2.05, 4.69) is 5.32 Å². The molecule has 0 fully saturated rings. The summed E-state index contributed by atoms with van der Waals surface area (Å²) < 4.78 is 33.9. The Balaban J connectivity index is 2.03. The summed E-state index contributed by atoms with van der Waals surface area (Å²) >= 11 is 0. The molecule has 0 spiro atoms. The van der Waals surface area contributed by atoms with Crippen LogP contribution in [0.5, 0.6) is 5.75 Å². The Morgan fingerprint density at radius 1 is 0.923 bits per heavy atom. The second-order valence-electron chi connectivity index (χ2n) is 9.25. The molecule has 0 aliphatic rings. The average molecular weight is 552 g/mol. The van der Waals surface area contributed by atoms with Crippen LogP contribution in [0.15, 0.2) is 83.8 Å². The summed E-state index contributed by atoms with van der Waals surface area (Å²) in [5, 5.41) is 2.89. The highest BCUT2D eigenvalue weighted by Gasteiger charge is 2.33. The van der Waals surface area contributed by atoms with Crippen LogP contribution < -0.4 is 14.4 Å². The zero-order valence-electron chi connectivity index (χ0n) is 23.0. The number of nitrogens with one attached hydrogen (secondary N) is 1. The summed E-state index contributed by atoms with van der Waals surface area (Å²) in [7, 11) is -2.58. The summed E-state index contributed by atoms with van der Waals surface area (Å²) in [5.74, 6) is -0.187. The van der Waals surface area contributed by atoms with E-state index in [1.165, 1.54) is 24.1 Å². The molecule has 0 aliphatic heterocycles. The van der Waals surface area contributed by atoms with Crippen LogP contribution in [-0.4, -0.2) is 51.4 Å². The van der Waals surface area contributed by atoms with Gasteiger partial charge in [-0.25, -0.2) is 8.42 Å². The third-order valence-electron chi connectivity index (χ3n) is 6.38. The van der Waals surface area contributed by atoms with Crippen molar-refractivity contribution in [1.29, 1.82) is 0 Å². The molecule has 0 aromatic heterocycles. The smallest absolute Gasteiger partial charge is 0.264 e. The number of methoxy groups -OCH3 is 1. The highest BCUT2D eigenvalue weighted by Crippen LogP contribution is 2.26. The van der Waals surface area contributed by atoms with Crippen LogP contribution in [0.25, 0.3) is 0 Å². The minimum atomic E-state index is -4.10. The Hall–Kier alpha value is -3.85. The molecular formula is C30H37N3O5S.